The predicted octanol–water partition coefficient (Wildman–Crippen LogP) is 2.66. The Morgan fingerprint density at radius 1 is 1.44 bits per heavy atom. The maximum atomic E-state index is 10.9. The van der Waals surface area contributed by atoms with Crippen LogP contribution in [0.3, 0.4) is 0 Å². The molecule has 1 aromatic carbocycles. The number of carbonyl (C=O) groups is 1. The van der Waals surface area contributed by atoms with Crippen LogP contribution in [0.2, 0.25) is 0 Å². The monoisotopic (exact) mass is 220 g/mol. The fraction of sp³-hybridized carbons (Fsp3) is 0.308. The topological polar surface area (TPSA) is 35.5 Å². The summed E-state index contributed by atoms with van der Waals surface area (Å²) in [5, 5.41) is 0. The highest BCUT2D eigenvalue weighted by Gasteiger charge is 1.95. The van der Waals surface area contributed by atoms with E-state index in [2.05, 4.69) is 4.74 Å². The molecule has 3 nitrogen and oxygen atoms in total. The summed E-state index contributed by atoms with van der Waals surface area (Å²) < 4.78 is 9.91. The van der Waals surface area contributed by atoms with E-state index in [1.807, 2.05) is 37.3 Å². The first kappa shape index (κ1) is 12.3. The van der Waals surface area contributed by atoms with E-state index in [1.54, 1.807) is 6.08 Å². The first-order chi connectivity index (χ1) is 7.76. The molecule has 0 aliphatic heterocycles. The Morgan fingerprint density at radius 2 is 2.25 bits per heavy atom. The smallest absolute Gasteiger partial charge is 0.309 e. The minimum absolute atomic E-state index is 0.239. The van der Waals surface area contributed by atoms with Gasteiger partial charge in [0, 0.05) is 0 Å². The van der Waals surface area contributed by atoms with Crippen molar-refractivity contribution in [3.05, 3.63) is 35.9 Å². The molecule has 0 unspecified atom stereocenters. The van der Waals surface area contributed by atoms with Crippen LogP contribution in [0.1, 0.15) is 18.9 Å². The maximum Gasteiger partial charge on any atom is 0.309 e. The third-order valence-corrected chi connectivity index (χ3v) is 1.99. The molecule has 0 N–H and O–H groups in total. The standard InChI is InChI=1S/C13H16O3/c1-3-16-12-8-4-6-11(10-12)7-5-9-13(14)15-2/h4-8,10H,3,9H2,1-2H3. The van der Waals surface area contributed by atoms with Crippen LogP contribution in [0.4, 0.5) is 0 Å². The van der Waals surface area contributed by atoms with Crippen molar-refractivity contribution in [3.8, 4) is 5.75 Å². The van der Waals surface area contributed by atoms with E-state index < -0.39 is 0 Å². The minimum atomic E-state index is -0.239. The van der Waals surface area contributed by atoms with Gasteiger partial charge in [0.05, 0.1) is 20.1 Å². The summed E-state index contributed by atoms with van der Waals surface area (Å²) in [5.74, 6) is 0.597. The first-order valence-corrected chi connectivity index (χ1v) is 5.22. The highest BCUT2D eigenvalue weighted by molar-refractivity contribution is 5.72. The number of hydrogen-bond acceptors (Lipinski definition) is 3. The molecule has 86 valence electrons. The second kappa shape index (κ2) is 6.67. The van der Waals surface area contributed by atoms with Gasteiger partial charge in [-0.2, -0.15) is 0 Å². The molecule has 1 rings (SSSR count). The Labute approximate surface area is 95.7 Å². The summed E-state index contributed by atoms with van der Waals surface area (Å²) in [7, 11) is 1.38. The molecule has 0 aliphatic rings. The molecule has 0 radical (unpaired) electrons. The Bertz CT molecular complexity index is 369. The van der Waals surface area contributed by atoms with Gasteiger partial charge in [-0.1, -0.05) is 24.3 Å². The van der Waals surface area contributed by atoms with E-state index >= 15 is 0 Å². The molecule has 0 fully saturated rings. The van der Waals surface area contributed by atoms with Gasteiger partial charge in [0.25, 0.3) is 0 Å². The number of methoxy groups -OCH3 is 1. The zero-order valence-corrected chi connectivity index (χ0v) is 9.60. The molecular weight excluding hydrogens is 204 g/mol. The number of esters is 1. The molecular formula is C13H16O3. The van der Waals surface area contributed by atoms with E-state index in [0.717, 1.165) is 11.3 Å². The van der Waals surface area contributed by atoms with Crippen molar-refractivity contribution in [2.24, 2.45) is 0 Å². The molecule has 0 aromatic heterocycles. The summed E-state index contributed by atoms with van der Waals surface area (Å²) >= 11 is 0. The summed E-state index contributed by atoms with van der Waals surface area (Å²) in [5.41, 5.74) is 1.01. The molecule has 0 spiro atoms. The molecule has 0 atom stereocenters. The Balaban J connectivity index is 2.59. The van der Waals surface area contributed by atoms with Gasteiger partial charge >= 0.3 is 5.97 Å². The zero-order valence-electron chi connectivity index (χ0n) is 9.60. The summed E-state index contributed by atoms with van der Waals surface area (Å²) in [6.45, 7) is 2.59. The molecule has 0 saturated heterocycles. The maximum absolute atomic E-state index is 10.9. The number of ether oxygens (including phenoxy) is 2. The van der Waals surface area contributed by atoms with Crippen LogP contribution in [-0.2, 0) is 9.53 Å². The van der Waals surface area contributed by atoms with Gasteiger partial charge in [-0.3, -0.25) is 4.79 Å². The third kappa shape index (κ3) is 4.17. The lowest BCUT2D eigenvalue weighted by Gasteiger charge is -2.02. The Hall–Kier alpha value is -1.77. The number of benzene rings is 1. The van der Waals surface area contributed by atoms with Gasteiger partial charge in [-0.25, -0.2) is 0 Å². The van der Waals surface area contributed by atoms with E-state index in [4.69, 9.17) is 4.74 Å². The van der Waals surface area contributed by atoms with Gasteiger partial charge in [0.1, 0.15) is 5.75 Å². The van der Waals surface area contributed by atoms with Crippen LogP contribution in [0.5, 0.6) is 5.75 Å². The number of carbonyl (C=O) groups excluding carboxylic acids is 1. The van der Waals surface area contributed by atoms with Crippen molar-refractivity contribution in [2.45, 2.75) is 13.3 Å². The molecule has 3 heteroatoms. The molecule has 1 aromatic rings. The van der Waals surface area contributed by atoms with Crippen molar-refractivity contribution in [2.75, 3.05) is 13.7 Å². The van der Waals surface area contributed by atoms with E-state index in [9.17, 15) is 4.79 Å². The van der Waals surface area contributed by atoms with Crippen molar-refractivity contribution in [3.63, 3.8) is 0 Å². The average Bonchev–Trinajstić information content (AvgIpc) is 2.30. The largest absolute Gasteiger partial charge is 0.494 e. The van der Waals surface area contributed by atoms with Gasteiger partial charge in [-0.15, -0.1) is 0 Å². The highest BCUT2D eigenvalue weighted by Crippen LogP contribution is 2.14. The number of rotatable bonds is 5. The second-order valence-electron chi connectivity index (χ2n) is 3.19. The fourth-order valence-electron chi connectivity index (χ4n) is 1.25. The zero-order chi connectivity index (χ0) is 11.8. The average molecular weight is 220 g/mol. The molecule has 0 saturated carbocycles. The highest BCUT2D eigenvalue weighted by atomic mass is 16.5. The van der Waals surface area contributed by atoms with Crippen LogP contribution >= 0.6 is 0 Å². The summed E-state index contributed by atoms with van der Waals surface area (Å²) in [6, 6.07) is 7.71. The third-order valence-electron chi connectivity index (χ3n) is 1.99. The number of hydrogen-bond donors (Lipinski definition) is 0. The minimum Gasteiger partial charge on any atom is -0.494 e. The van der Waals surface area contributed by atoms with Crippen LogP contribution in [0, 0.1) is 0 Å². The molecule has 16 heavy (non-hydrogen) atoms. The Morgan fingerprint density at radius 3 is 2.94 bits per heavy atom. The van der Waals surface area contributed by atoms with Gasteiger partial charge in [0.2, 0.25) is 0 Å². The molecule has 0 heterocycles. The molecule has 0 bridgehead atoms. The van der Waals surface area contributed by atoms with Gasteiger partial charge in [-0.05, 0) is 24.6 Å². The lowest BCUT2D eigenvalue weighted by Crippen LogP contribution is -1.96. The van der Waals surface area contributed by atoms with Gasteiger partial charge < -0.3 is 9.47 Å². The molecule has 0 amide bonds. The van der Waals surface area contributed by atoms with Crippen LogP contribution in [-0.4, -0.2) is 19.7 Å². The lowest BCUT2D eigenvalue weighted by molar-refractivity contribution is -0.139. The van der Waals surface area contributed by atoms with Crippen molar-refractivity contribution in [1.82, 2.24) is 0 Å². The SMILES string of the molecule is CCOc1cccc(C=CCC(=O)OC)c1. The van der Waals surface area contributed by atoms with Crippen molar-refractivity contribution >= 4 is 12.0 Å². The van der Waals surface area contributed by atoms with Crippen LogP contribution < -0.4 is 4.74 Å². The van der Waals surface area contributed by atoms with Crippen molar-refractivity contribution in [1.29, 1.82) is 0 Å². The van der Waals surface area contributed by atoms with Gasteiger partial charge in [0.15, 0.2) is 0 Å². The van der Waals surface area contributed by atoms with Crippen LogP contribution in [0.15, 0.2) is 30.3 Å². The quantitative estimate of drug-likeness (QED) is 0.716. The van der Waals surface area contributed by atoms with E-state index in [-0.39, 0.29) is 12.4 Å². The molecule has 0 aliphatic carbocycles. The Kier molecular flexibility index (Phi) is 5.12. The van der Waals surface area contributed by atoms with Crippen molar-refractivity contribution < 1.29 is 14.3 Å². The predicted molar refractivity (Wildman–Crippen MR) is 63.3 cm³/mol. The summed E-state index contributed by atoms with van der Waals surface area (Å²) in [4.78, 5) is 10.9. The normalized spacial score (nSPS) is 10.4. The fourth-order valence-corrected chi connectivity index (χ4v) is 1.25. The van der Waals surface area contributed by atoms with E-state index in [1.165, 1.54) is 7.11 Å². The lowest BCUT2D eigenvalue weighted by atomic mass is 10.2. The van der Waals surface area contributed by atoms with E-state index in [0.29, 0.717) is 6.61 Å². The second-order valence-corrected chi connectivity index (χ2v) is 3.19. The summed E-state index contributed by atoms with van der Waals surface area (Å²) in [6.07, 6.45) is 3.94. The van der Waals surface area contributed by atoms with Crippen LogP contribution in [0.25, 0.3) is 6.08 Å². The first-order valence-electron chi connectivity index (χ1n) is 5.22.